The van der Waals surface area contributed by atoms with E-state index >= 15 is 0 Å². The van der Waals surface area contributed by atoms with E-state index in [1.54, 1.807) is 0 Å². The number of hydrogen-bond acceptors (Lipinski definition) is 2. The first-order chi connectivity index (χ1) is 6.75. The van der Waals surface area contributed by atoms with Crippen molar-refractivity contribution in [3.05, 3.63) is 23.9 Å². The van der Waals surface area contributed by atoms with Crippen molar-refractivity contribution >= 4 is 5.82 Å². The predicted molar refractivity (Wildman–Crippen MR) is 59.6 cm³/mol. The lowest BCUT2D eigenvalue weighted by Crippen LogP contribution is -2.33. The van der Waals surface area contributed by atoms with E-state index in [1.807, 2.05) is 6.20 Å². The lowest BCUT2D eigenvalue weighted by molar-refractivity contribution is 0.436. The molecule has 0 bridgehead atoms. The molecule has 76 valence electrons. The number of aromatic nitrogens is 1. The van der Waals surface area contributed by atoms with Gasteiger partial charge in [0, 0.05) is 19.3 Å². The first kappa shape index (κ1) is 9.50. The molecule has 1 fully saturated rings. The Balaban J connectivity index is 2.05. The number of pyridine rings is 1. The summed E-state index contributed by atoms with van der Waals surface area (Å²) in [5.74, 6) is 2.03. The molecule has 0 N–H and O–H groups in total. The second-order valence-corrected chi connectivity index (χ2v) is 4.36. The highest BCUT2D eigenvalue weighted by molar-refractivity contribution is 5.39. The van der Waals surface area contributed by atoms with Gasteiger partial charge in [0.05, 0.1) is 0 Å². The molecule has 14 heavy (non-hydrogen) atoms. The van der Waals surface area contributed by atoms with Crippen LogP contribution >= 0.6 is 0 Å². The molecule has 0 saturated carbocycles. The molecule has 1 aliphatic heterocycles. The minimum absolute atomic E-state index is 0.886. The van der Waals surface area contributed by atoms with Gasteiger partial charge in [-0.05, 0) is 37.3 Å². The van der Waals surface area contributed by atoms with Gasteiger partial charge in [-0.3, -0.25) is 0 Å². The standard InChI is InChI=1S/C12H18N2/c1-10-5-7-14(8-6-10)12-4-3-11(2)9-13-12/h3-4,9-10H,5-8H2,1-2H3. The van der Waals surface area contributed by atoms with Gasteiger partial charge in [0.2, 0.25) is 0 Å². The fourth-order valence-corrected chi connectivity index (χ4v) is 1.88. The average molecular weight is 190 g/mol. The highest BCUT2D eigenvalue weighted by Gasteiger charge is 2.16. The number of piperidine rings is 1. The molecule has 2 rings (SSSR count). The Kier molecular flexibility index (Phi) is 2.71. The summed E-state index contributed by atoms with van der Waals surface area (Å²) in [6.45, 7) is 6.74. The normalized spacial score (nSPS) is 18.6. The number of hydrogen-bond donors (Lipinski definition) is 0. The molecule has 0 radical (unpaired) electrons. The third-order valence-corrected chi connectivity index (χ3v) is 3.00. The SMILES string of the molecule is Cc1ccc(N2CCC(C)CC2)nc1. The van der Waals surface area contributed by atoms with Gasteiger partial charge >= 0.3 is 0 Å². The number of nitrogens with zero attached hydrogens (tertiary/aromatic N) is 2. The minimum Gasteiger partial charge on any atom is -0.357 e. The third kappa shape index (κ3) is 2.06. The maximum atomic E-state index is 4.45. The van der Waals surface area contributed by atoms with E-state index in [9.17, 15) is 0 Å². The largest absolute Gasteiger partial charge is 0.357 e. The van der Waals surface area contributed by atoms with Gasteiger partial charge in [-0.25, -0.2) is 4.98 Å². The zero-order valence-electron chi connectivity index (χ0n) is 9.03. The van der Waals surface area contributed by atoms with Gasteiger partial charge < -0.3 is 4.90 Å². The van der Waals surface area contributed by atoms with Crippen LogP contribution in [0.4, 0.5) is 5.82 Å². The van der Waals surface area contributed by atoms with Crippen molar-refractivity contribution in [1.29, 1.82) is 0 Å². The molecule has 2 heteroatoms. The van der Waals surface area contributed by atoms with Crippen LogP contribution in [0.3, 0.4) is 0 Å². The lowest BCUT2D eigenvalue weighted by Gasteiger charge is -2.31. The summed E-state index contributed by atoms with van der Waals surface area (Å²) in [5, 5.41) is 0. The van der Waals surface area contributed by atoms with Crippen molar-refractivity contribution in [2.24, 2.45) is 5.92 Å². The smallest absolute Gasteiger partial charge is 0.128 e. The number of rotatable bonds is 1. The molecular weight excluding hydrogens is 172 g/mol. The molecule has 1 saturated heterocycles. The molecule has 2 nitrogen and oxygen atoms in total. The summed E-state index contributed by atoms with van der Waals surface area (Å²) < 4.78 is 0. The molecule has 0 unspecified atom stereocenters. The Morgan fingerprint density at radius 1 is 1.29 bits per heavy atom. The molecule has 0 spiro atoms. The van der Waals surface area contributed by atoms with Gasteiger partial charge in [0.1, 0.15) is 5.82 Å². The molecule has 0 amide bonds. The van der Waals surface area contributed by atoms with Crippen LogP contribution in [0.5, 0.6) is 0 Å². The van der Waals surface area contributed by atoms with E-state index in [-0.39, 0.29) is 0 Å². The van der Waals surface area contributed by atoms with E-state index < -0.39 is 0 Å². The maximum Gasteiger partial charge on any atom is 0.128 e. The van der Waals surface area contributed by atoms with Crippen LogP contribution < -0.4 is 4.90 Å². The Morgan fingerprint density at radius 3 is 2.57 bits per heavy atom. The average Bonchev–Trinajstić information content (AvgIpc) is 2.21. The molecule has 1 aliphatic rings. The quantitative estimate of drug-likeness (QED) is 0.676. The van der Waals surface area contributed by atoms with E-state index in [1.165, 1.54) is 18.4 Å². The topological polar surface area (TPSA) is 16.1 Å². The van der Waals surface area contributed by atoms with Gasteiger partial charge in [0.15, 0.2) is 0 Å². The molecule has 0 aromatic carbocycles. The minimum atomic E-state index is 0.886. The fraction of sp³-hybridized carbons (Fsp3) is 0.583. The Morgan fingerprint density at radius 2 is 2.00 bits per heavy atom. The molecule has 0 atom stereocenters. The molecule has 2 heterocycles. The molecule has 1 aromatic rings. The molecule has 1 aromatic heterocycles. The van der Waals surface area contributed by atoms with Crippen LogP contribution in [0.2, 0.25) is 0 Å². The maximum absolute atomic E-state index is 4.45. The molecule has 0 aliphatic carbocycles. The predicted octanol–water partition coefficient (Wildman–Crippen LogP) is 2.63. The second kappa shape index (κ2) is 3.99. The van der Waals surface area contributed by atoms with Gasteiger partial charge in [-0.2, -0.15) is 0 Å². The lowest BCUT2D eigenvalue weighted by atomic mass is 9.99. The van der Waals surface area contributed by atoms with Crippen molar-refractivity contribution in [3.8, 4) is 0 Å². The number of aryl methyl sites for hydroxylation is 1. The van der Waals surface area contributed by atoms with E-state index in [0.717, 1.165) is 24.8 Å². The fourth-order valence-electron chi connectivity index (χ4n) is 1.88. The summed E-state index contributed by atoms with van der Waals surface area (Å²) in [7, 11) is 0. The number of anilines is 1. The van der Waals surface area contributed by atoms with Crippen LogP contribution in [0.1, 0.15) is 25.3 Å². The summed E-state index contributed by atoms with van der Waals surface area (Å²) >= 11 is 0. The zero-order valence-corrected chi connectivity index (χ0v) is 9.03. The summed E-state index contributed by atoms with van der Waals surface area (Å²) in [5.41, 5.74) is 1.24. The van der Waals surface area contributed by atoms with Gasteiger partial charge in [-0.15, -0.1) is 0 Å². The summed E-state index contributed by atoms with van der Waals surface area (Å²) in [4.78, 5) is 6.84. The first-order valence-corrected chi connectivity index (χ1v) is 5.43. The van der Waals surface area contributed by atoms with Crippen LogP contribution in [-0.4, -0.2) is 18.1 Å². The molecular formula is C12H18N2. The van der Waals surface area contributed by atoms with Gasteiger partial charge in [0.25, 0.3) is 0 Å². The highest BCUT2D eigenvalue weighted by atomic mass is 15.2. The summed E-state index contributed by atoms with van der Waals surface area (Å²) in [6.07, 6.45) is 4.55. The van der Waals surface area contributed by atoms with Crippen LogP contribution in [-0.2, 0) is 0 Å². The van der Waals surface area contributed by atoms with Crippen molar-refractivity contribution < 1.29 is 0 Å². The monoisotopic (exact) mass is 190 g/mol. The third-order valence-electron chi connectivity index (χ3n) is 3.00. The van der Waals surface area contributed by atoms with Crippen molar-refractivity contribution in [1.82, 2.24) is 4.98 Å². The zero-order chi connectivity index (χ0) is 9.97. The highest BCUT2D eigenvalue weighted by Crippen LogP contribution is 2.20. The van der Waals surface area contributed by atoms with Crippen molar-refractivity contribution in [3.63, 3.8) is 0 Å². The Hall–Kier alpha value is -1.05. The Bertz CT molecular complexity index is 284. The van der Waals surface area contributed by atoms with Crippen molar-refractivity contribution in [2.75, 3.05) is 18.0 Å². The Labute approximate surface area is 86.0 Å². The van der Waals surface area contributed by atoms with Crippen LogP contribution in [0.25, 0.3) is 0 Å². The second-order valence-electron chi connectivity index (χ2n) is 4.36. The van der Waals surface area contributed by atoms with E-state index in [2.05, 4.69) is 35.9 Å². The van der Waals surface area contributed by atoms with E-state index in [4.69, 9.17) is 0 Å². The van der Waals surface area contributed by atoms with Gasteiger partial charge in [-0.1, -0.05) is 13.0 Å². The van der Waals surface area contributed by atoms with Crippen LogP contribution in [0, 0.1) is 12.8 Å². The summed E-state index contributed by atoms with van der Waals surface area (Å²) in [6, 6.07) is 4.27. The van der Waals surface area contributed by atoms with Crippen LogP contribution in [0.15, 0.2) is 18.3 Å². The van der Waals surface area contributed by atoms with E-state index in [0.29, 0.717) is 0 Å². The van der Waals surface area contributed by atoms with Crippen molar-refractivity contribution in [2.45, 2.75) is 26.7 Å². The first-order valence-electron chi connectivity index (χ1n) is 5.43.